The molecule has 6 heteroatoms. The van der Waals surface area contributed by atoms with Crippen molar-refractivity contribution in [1.29, 1.82) is 0 Å². The molecule has 0 amide bonds. The van der Waals surface area contributed by atoms with Gasteiger partial charge in [0.25, 0.3) is 0 Å². The van der Waals surface area contributed by atoms with Crippen molar-refractivity contribution in [3.05, 3.63) is 83.7 Å². The van der Waals surface area contributed by atoms with Gasteiger partial charge in [-0.2, -0.15) is 0 Å². The lowest BCUT2D eigenvalue weighted by Crippen LogP contribution is -2.24. The molecule has 2 aromatic carbocycles. The molecule has 3 rings (SSSR count). The fourth-order valence-electron chi connectivity index (χ4n) is 3.45. The maximum absolute atomic E-state index is 11.9. The summed E-state index contributed by atoms with van der Waals surface area (Å²) in [6.45, 7) is 5.15. The fraction of sp³-hybridized carbons (Fsp3) is 0.280. The summed E-state index contributed by atoms with van der Waals surface area (Å²) >= 11 is 1.58. The zero-order valence-electron chi connectivity index (χ0n) is 17.8. The molecule has 3 N–H and O–H groups in total. The van der Waals surface area contributed by atoms with Gasteiger partial charge in [-0.05, 0) is 41.8 Å². The summed E-state index contributed by atoms with van der Waals surface area (Å²) in [5.74, 6) is -0.913. The first-order valence-corrected chi connectivity index (χ1v) is 11.2. The molecule has 0 aliphatic rings. The standard InChI is InChI=1S/C25H28N2O3S/c1-17(2)31-24-21(12-14-27-16-23(28)19-9-6-13-26-15-19)20(10-11-22(24)25(29)30)18-7-4-3-5-8-18/h3-11,13,15,17,23,27-28H,12,14,16H2,1-2H3,(H,29,30)/t23-/m0/s1. The van der Waals surface area contributed by atoms with E-state index >= 15 is 0 Å². The SMILES string of the molecule is CC(C)Sc1c(C(=O)O)ccc(-c2ccccc2)c1CCNC[C@H](O)c1cccnc1. The lowest BCUT2D eigenvalue weighted by Gasteiger charge is -2.19. The van der Waals surface area contributed by atoms with E-state index in [0.717, 1.165) is 27.1 Å². The summed E-state index contributed by atoms with van der Waals surface area (Å²) in [7, 11) is 0. The van der Waals surface area contributed by atoms with Crippen LogP contribution in [0.25, 0.3) is 11.1 Å². The fourth-order valence-corrected chi connectivity index (χ4v) is 4.55. The van der Waals surface area contributed by atoms with E-state index in [0.29, 0.717) is 25.1 Å². The van der Waals surface area contributed by atoms with E-state index in [1.165, 1.54) is 0 Å². The number of carbonyl (C=O) groups is 1. The Balaban J connectivity index is 1.85. The number of aliphatic hydroxyl groups is 1. The van der Waals surface area contributed by atoms with Crippen LogP contribution in [0.2, 0.25) is 0 Å². The van der Waals surface area contributed by atoms with Crippen molar-refractivity contribution < 1.29 is 15.0 Å². The third-order valence-electron chi connectivity index (χ3n) is 4.89. The summed E-state index contributed by atoms with van der Waals surface area (Å²) in [6, 6.07) is 17.3. The van der Waals surface area contributed by atoms with Crippen LogP contribution < -0.4 is 5.32 Å². The van der Waals surface area contributed by atoms with E-state index in [4.69, 9.17) is 0 Å². The van der Waals surface area contributed by atoms with Gasteiger partial charge >= 0.3 is 5.97 Å². The van der Waals surface area contributed by atoms with E-state index in [9.17, 15) is 15.0 Å². The van der Waals surface area contributed by atoms with Crippen molar-refractivity contribution in [2.24, 2.45) is 0 Å². The van der Waals surface area contributed by atoms with Gasteiger partial charge in [0.2, 0.25) is 0 Å². The van der Waals surface area contributed by atoms with Gasteiger partial charge in [0.05, 0.1) is 11.7 Å². The van der Waals surface area contributed by atoms with Crippen LogP contribution in [0.15, 0.2) is 71.9 Å². The number of rotatable bonds is 10. The van der Waals surface area contributed by atoms with Crippen LogP contribution in [-0.4, -0.2) is 39.5 Å². The Morgan fingerprint density at radius 1 is 1.10 bits per heavy atom. The average Bonchev–Trinajstić information content (AvgIpc) is 2.77. The molecular formula is C25H28N2O3S. The molecule has 0 saturated carbocycles. The first-order valence-electron chi connectivity index (χ1n) is 10.4. The highest BCUT2D eigenvalue weighted by molar-refractivity contribution is 8.00. The van der Waals surface area contributed by atoms with E-state index in [2.05, 4.69) is 24.1 Å². The normalized spacial score (nSPS) is 12.1. The number of thioether (sulfide) groups is 1. The molecule has 162 valence electrons. The van der Waals surface area contributed by atoms with Crippen molar-refractivity contribution in [2.75, 3.05) is 13.1 Å². The quantitative estimate of drug-likeness (QED) is 0.312. The number of benzene rings is 2. The van der Waals surface area contributed by atoms with Crippen LogP contribution in [0.4, 0.5) is 0 Å². The molecule has 0 saturated heterocycles. The molecule has 1 heterocycles. The Morgan fingerprint density at radius 2 is 1.87 bits per heavy atom. The highest BCUT2D eigenvalue weighted by Crippen LogP contribution is 2.37. The van der Waals surface area contributed by atoms with E-state index < -0.39 is 12.1 Å². The highest BCUT2D eigenvalue weighted by atomic mass is 32.2. The minimum Gasteiger partial charge on any atom is -0.478 e. The van der Waals surface area contributed by atoms with Gasteiger partial charge in [-0.15, -0.1) is 11.8 Å². The maximum atomic E-state index is 11.9. The summed E-state index contributed by atoms with van der Waals surface area (Å²) in [4.78, 5) is 16.8. The van der Waals surface area contributed by atoms with Gasteiger partial charge in [-0.25, -0.2) is 4.79 Å². The van der Waals surface area contributed by atoms with E-state index in [1.807, 2.05) is 42.5 Å². The number of aromatic nitrogens is 1. The lowest BCUT2D eigenvalue weighted by atomic mass is 9.95. The van der Waals surface area contributed by atoms with Gasteiger partial charge in [0, 0.05) is 34.6 Å². The van der Waals surface area contributed by atoms with Crippen molar-refractivity contribution in [3.63, 3.8) is 0 Å². The minimum atomic E-state index is -0.913. The number of aliphatic hydroxyl groups excluding tert-OH is 1. The zero-order valence-corrected chi connectivity index (χ0v) is 18.6. The smallest absolute Gasteiger partial charge is 0.336 e. The summed E-state index contributed by atoms with van der Waals surface area (Å²) in [6.07, 6.45) is 3.35. The second-order valence-electron chi connectivity index (χ2n) is 7.56. The van der Waals surface area contributed by atoms with Crippen LogP contribution in [0, 0.1) is 0 Å². The van der Waals surface area contributed by atoms with Gasteiger partial charge in [0.1, 0.15) is 0 Å². The van der Waals surface area contributed by atoms with Crippen LogP contribution in [0.3, 0.4) is 0 Å². The molecular weight excluding hydrogens is 408 g/mol. The van der Waals surface area contributed by atoms with E-state index in [-0.39, 0.29) is 5.25 Å². The topological polar surface area (TPSA) is 82.5 Å². The molecule has 1 atom stereocenters. The van der Waals surface area contributed by atoms with Crippen molar-refractivity contribution in [3.8, 4) is 11.1 Å². The van der Waals surface area contributed by atoms with Gasteiger partial charge in [-0.3, -0.25) is 4.98 Å². The largest absolute Gasteiger partial charge is 0.478 e. The molecule has 0 fully saturated rings. The van der Waals surface area contributed by atoms with Crippen molar-refractivity contribution in [2.45, 2.75) is 36.5 Å². The van der Waals surface area contributed by atoms with E-state index in [1.54, 1.807) is 36.3 Å². The summed E-state index contributed by atoms with van der Waals surface area (Å²) in [5, 5.41) is 23.7. The van der Waals surface area contributed by atoms with Gasteiger partial charge in [0.15, 0.2) is 0 Å². The molecule has 31 heavy (non-hydrogen) atoms. The minimum absolute atomic E-state index is 0.253. The second kappa shape index (κ2) is 11.1. The molecule has 0 bridgehead atoms. The number of aromatic carboxylic acids is 1. The maximum Gasteiger partial charge on any atom is 0.336 e. The van der Waals surface area contributed by atoms with Crippen molar-refractivity contribution >= 4 is 17.7 Å². The molecule has 1 aromatic heterocycles. The number of nitrogens with zero attached hydrogens (tertiary/aromatic N) is 1. The zero-order chi connectivity index (χ0) is 22.2. The van der Waals surface area contributed by atoms with Gasteiger partial charge in [-0.1, -0.05) is 56.3 Å². The number of carboxylic acids is 1. The van der Waals surface area contributed by atoms with Crippen LogP contribution in [0.1, 0.15) is 41.4 Å². The Morgan fingerprint density at radius 3 is 2.52 bits per heavy atom. The van der Waals surface area contributed by atoms with Gasteiger partial charge < -0.3 is 15.5 Å². The number of pyridine rings is 1. The highest BCUT2D eigenvalue weighted by Gasteiger charge is 2.20. The monoisotopic (exact) mass is 436 g/mol. The van der Waals surface area contributed by atoms with Crippen LogP contribution >= 0.6 is 11.8 Å². The van der Waals surface area contributed by atoms with Crippen molar-refractivity contribution in [1.82, 2.24) is 10.3 Å². The Hall–Kier alpha value is -2.67. The summed E-state index contributed by atoms with van der Waals surface area (Å²) < 4.78 is 0. The Kier molecular flexibility index (Phi) is 8.23. The van der Waals surface area contributed by atoms with Crippen LogP contribution in [-0.2, 0) is 6.42 Å². The average molecular weight is 437 g/mol. The third-order valence-corrected chi connectivity index (χ3v) is 6.06. The van der Waals surface area contributed by atoms with Crippen LogP contribution in [0.5, 0.6) is 0 Å². The molecule has 5 nitrogen and oxygen atoms in total. The number of hydrogen-bond donors (Lipinski definition) is 3. The Bertz CT molecular complexity index is 994. The predicted octanol–water partition coefficient (Wildman–Crippen LogP) is 4.81. The number of carboxylic acid groups (broad SMARTS) is 1. The molecule has 0 aliphatic carbocycles. The summed E-state index contributed by atoms with van der Waals surface area (Å²) in [5.41, 5.74) is 4.24. The molecule has 0 radical (unpaired) electrons. The lowest BCUT2D eigenvalue weighted by molar-refractivity contribution is 0.0693. The first kappa shape index (κ1) is 23.0. The molecule has 0 unspecified atom stereocenters. The number of hydrogen-bond acceptors (Lipinski definition) is 5. The molecule has 0 spiro atoms. The predicted molar refractivity (Wildman–Crippen MR) is 126 cm³/mol. The molecule has 0 aliphatic heterocycles. The number of nitrogens with one attached hydrogen (secondary N) is 1. The second-order valence-corrected chi connectivity index (χ2v) is 9.15. The molecule has 3 aromatic rings. The Labute approximate surface area is 187 Å². The first-order chi connectivity index (χ1) is 15.0. The third kappa shape index (κ3) is 6.17.